The summed E-state index contributed by atoms with van der Waals surface area (Å²) in [5.41, 5.74) is 1.77. The maximum absolute atomic E-state index is 11.0. The van der Waals surface area contributed by atoms with Gasteiger partial charge in [-0.25, -0.2) is 4.79 Å². The molecule has 0 aliphatic carbocycles. The van der Waals surface area contributed by atoms with Crippen molar-refractivity contribution in [3.8, 4) is 11.5 Å². The Morgan fingerprint density at radius 3 is 2.37 bits per heavy atom. The van der Waals surface area contributed by atoms with Crippen molar-refractivity contribution in [2.75, 3.05) is 13.2 Å². The van der Waals surface area contributed by atoms with Crippen molar-refractivity contribution in [1.82, 2.24) is 0 Å². The molecule has 0 saturated heterocycles. The van der Waals surface area contributed by atoms with Gasteiger partial charge in [0.15, 0.2) is 6.10 Å². The van der Waals surface area contributed by atoms with Crippen LogP contribution in [0.15, 0.2) is 12.1 Å². The van der Waals surface area contributed by atoms with E-state index in [1.165, 1.54) is 0 Å². The van der Waals surface area contributed by atoms with Gasteiger partial charge in [-0.15, -0.1) is 0 Å². The number of ether oxygens (including phenoxy) is 3. The normalized spacial score (nSPS) is 17.7. The average Bonchev–Trinajstić information content (AvgIpc) is 2.41. The van der Waals surface area contributed by atoms with Gasteiger partial charge in [-0.3, -0.25) is 0 Å². The monoisotopic (exact) mass is 266 g/mol. The second-order valence-electron chi connectivity index (χ2n) is 4.23. The lowest BCUT2D eigenvalue weighted by Gasteiger charge is -2.26. The van der Waals surface area contributed by atoms with Gasteiger partial charge in [0, 0.05) is 17.5 Å². The molecule has 1 aliphatic heterocycles. The number of carboxylic acid groups (broad SMARTS) is 1. The lowest BCUT2D eigenvalue weighted by Crippen LogP contribution is -2.31. The molecule has 0 spiro atoms. The van der Waals surface area contributed by atoms with Crippen LogP contribution >= 0.6 is 0 Å². The van der Waals surface area contributed by atoms with Crippen LogP contribution in [0.3, 0.4) is 0 Å². The predicted octanol–water partition coefficient (Wildman–Crippen LogP) is 2.01. The Balaban J connectivity index is 2.38. The molecule has 104 valence electrons. The minimum Gasteiger partial charge on any atom is -0.494 e. The van der Waals surface area contributed by atoms with Gasteiger partial charge in [0.2, 0.25) is 0 Å². The number of hydrogen-bond acceptors (Lipinski definition) is 4. The fourth-order valence-corrected chi connectivity index (χ4v) is 2.20. The number of rotatable bonds is 5. The van der Waals surface area contributed by atoms with Crippen molar-refractivity contribution in [3.05, 3.63) is 23.3 Å². The van der Waals surface area contributed by atoms with E-state index in [1.807, 2.05) is 26.0 Å². The molecule has 0 bridgehead atoms. The van der Waals surface area contributed by atoms with E-state index >= 15 is 0 Å². The lowest BCUT2D eigenvalue weighted by molar-refractivity contribution is -0.152. The highest BCUT2D eigenvalue weighted by atomic mass is 16.5. The quantitative estimate of drug-likeness (QED) is 0.883. The highest BCUT2D eigenvalue weighted by Gasteiger charge is 2.29. The molecule has 1 aliphatic rings. The van der Waals surface area contributed by atoms with Gasteiger partial charge in [-0.05, 0) is 26.0 Å². The van der Waals surface area contributed by atoms with Crippen molar-refractivity contribution in [1.29, 1.82) is 0 Å². The largest absolute Gasteiger partial charge is 0.494 e. The summed E-state index contributed by atoms with van der Waals surface area (Å²) >= 11 is 0. The van der Waals surface area contributed by atoms with E-state index in [9.17, 15) is 4.79 Å². The van der Waals surface area contributed by atoms with Gasteiger partial charge in [-0.2, -0.15) is 0 Å². The molecule has 2 rings (SSSR count). The van der Waals surface area contributed by atoms with E-state index < -0.39 is 12.1 Å². The van der Waals surface area contributed by atoms with Crippen LogP contribution in [0.2, 0.25) is 0 Å². The molecule has 19 heavy (non-hydrogen) atoms. The summed E-state index contributed by atoms with van der Waals surface area (Å²) in [5.74, 6) is 0.509. The van der Waals surface area contributed by atoms with Gasteiger partial charge in [0.05, 0.1) is 19.8 Å². The third kappa shape index (κ3) is 2.81. The molecule has 0 amide bonds. The molecule has 5 nitrogen and oxygen atoms in total. The van der Waals surface area contributed by atoms with Crippen LogP contribution < -0.4 is 9.47 Å². The van der Waals surface area contributed by atoms with Crippen LogP contribution in [0.4, 0.5) is 0 Å². The minimum atomic E-state index is -0.949. The molecular weight excluding hydrogens is 248 g/mol. The van der Waals surface area contributed by atoms with Gasteiger partial charge >= 0.3 is 5.97 Å². The first-order valence-corrected chi connectivity index (χ1v) is 6.42. The second kappa shape index (κ2) is 5.93. The van der Waals surface area contributed by atoms with Crippen molar-refractivity contribution in [2.45, 2.75) is 33.0 Å². The molecule has 0 fully saturated rings. The summed E-state index contributed by atoms with van der Waals surface area (Å²) < 4.78 is 16.5. The summed E-state index contributed by atoms with van der Waals surface area (Å²) in [6, 6.07) is 3.68. The topological polar surface area (TPSA) is 65.0 Å². The molecule has 1 N–H and O–H groups in total. The molecule has 1 aromatic rings. The van der Waals surface area contributed by atoms with E-state index in [0.717, 1.165) is 22.6 Å². The zero-order valence-corrected chi connectivity index (χ0v) is 11.1. The van der Waals surface area contributed by atoms with Gasteiger partial charge in [-0.1, -0.05) is 0 Å². The first-order chi connectivity index (χ1) is 9.17. The molecule has 0 radical (unpaired) electrons. The molecule has 1 unspecified atom stereocenters. The molecule has 1 heterocycles. The fraction of sp³-hybridized carbons (Fsp3) is 0.500. The Morgan fingerprint density at radius 2 is 1.84 bits per heavy atom. The average molecular weight is 266 g/mol. The summed E-state index contributed by atoms with van der Waals surface area (Å²) in [6.45, 7) is 5.15. The molecule has 1 atom stereocenters. The summed E-state index contributed by atoms with van der Waals surface area (Å²) in [7, 11) is 0. The smallest absolute Gasteiger partial charge is 0.333 e. The van der Waals surface area contributed by atoms with Gasteiger partial charge in [0.1, 0.15) is 11.5 Å². The summed E-state index contributed by atoms with van der Waals surface area (Å²) in [6.07, 6.45) is -0.510. The van der Waals surface area contributed by atoms with Crippen LogP contribution in [0, 0.1) is 0 Å². The Bertz CT molecular complexity index is 469. The predicted molar refractivity (Wildman–Crippen MR) is 68.7 cm³/mol. The molecular formula is C14H18O5. The lowest BCUT2D eigenvalue weighted by atomic mass is 9.97. The third-order valence-corrected chi connectivity index (χ3v) is 3.04. The zero-order chi connectivity index (χ0) is 13.8. The Hall–Kier alpha value is -1.75. The highest BCUT2D eigenvalue weighted by molar-refractivity contribution is 5.73. The van der Waals surface area contributed by atoms with E-state index in [0.29, 0.717) is 19.6 Å². The van der Waals surface area contributed by atoms with Crippen molar-refractivity contribution < 1.29 is 24.1 Å². The SMILES string of the molecule is CCOc1ccc(OCC)c2c1COC(C(=O)O)C2. The standard InChI is InChI=1S/C14H18O5/c1-3-17-11-5-6-12(18-4-2)10-8-19-13(14(15)16)7-9(10)11/h5-6,13H,3-4,7-8H2,1-2H3,(H,15,16). The Morgan fingerprint density at radius 1 is 1.26 bits per heavy atom. The molecule has 0 saturated carbocycles. The summed E-state index contributed by atoms with van der Waals surface area (Å²) in [4.78, 5) is 11.0. The first kappa shape index (κ1) is 13.7. The van der Waals surface area contributed by atoms with E-state index in [1.54, 1.807) is 0 Å². The second-order valence-corrected chi connectivity index (χ2v) is 4.23. The number of benzene rings is 1. The van der Waals surface area contributed by atoms with Crippen molar-refractivity contribution in [2.24, 2.45) is 0 Å². The number of aliphatic carboxylic acids is 1. The van der Waals surface area contributed by atoms with Gasteiger partial charge < -0.3 is 19.3 Å². The van der Waals surface area contributed by atoms with Crippen LogP contribution in [0.25, 0.3) is 0 Å². The minimum absolute atomic E-state index is 0.239. The van der Waals surface area contributed by atoms with Gasteiger partial charge in [0.25, 0.3) is 0 Å². The zero-order valence-electron chi connectivity index (χ0n) is 11.1. The number of carbonyl (C=O) groups is 1. The number of carboxylic acids is 1. The molecule has 5 heteroatoms. The Labute approximate surface area is 112 Å². The van der Waals surface area contributed by atoms with Crippen LogP contribution in [0.1, 0.15) is 25.0 Å². The number of fused-ring (bicyclic) bond motifs is 1. The maximum Gasteiger partial charge on any atom is 0.333 e. The third-order valence-electron chi connectivity index (χ3n) is 3.04. The van der Waals surface area contributed by atoms with Crippen molar-refractivity contribution >= 4 is 5.97 Å². The molecule has 0 aromatic heterocycles. The summed E-state index contributed by atoms with van der Waals surface area (Å²) in [5, 5.41) is 9.06. The van der Waals surface area contributed by atoms with Crippen LogP contribution in [0.5, 0.6) is 11.5 Å². The van der Waals surface area contributed by atoms with E-state index in [4.69, 9.17) is 19.3 Å². The molecule has 1 aromatic carbocycles. The van der Waals surface area contributed by atoms with E-state index in [-0.39, 0.29) is 6.61 Å². The van der Waals surface area contributed by atoms with Crippen LogP contribution in [-0.2, 0) is 22.6 Å². The van der Waals surface area contributed by atoms with Crippen LogP contribution in [-0.4, -0.2) is 30.4 Å². The first-order valence-electron chi connectivity index (χ1n) is 6.42. The fourth-order valence-electron chi connectivity index (χ4n) is 2.20. The Kier molecular flexibility index (Phi) is 4.27. The van der Waals surface area contributed by atoms with Crippen molar-refractivity contribution in [3.63, 3.8) is 0 Å². The number of hydrogen-bond donors (Lipinski definition) is 1. The highest BCUT2D eigenvalue weighted by Crippen LogP contribution is 2.35. The maximum atomic E-state index is 11.0. The van der Waals surface area contributed by atoms with E-state index in [2.05, 4.69) is 0 Å².